The van der Waals surface area contributed by atoms with Crippen LogP contribution in [0.1, 0.15) is 43.1 Å². The smallest absolute Gasteiger partial charge is 0.255 e. The first-order valence-electron chi connectivity index (χ1n) is 12.4. The number of allylic oxidation sites excluding steroid dienone is 1. The van der Waals surface area contributed by atoms with Crippen LogP contribution in [0.5, 0.6) is 5.75 Å². The van der Waals surface area contributed by atoms with Crippen LogP contribution in [-0.2, 0) is 5.41 Å². The van der Waals surface area contributed by atoms with E-state index in [1.54, 1.807) is 0 Å². The molecule has 0 spiro atoms. The maximum Gasteiger partial charge on any atom is 0.255 e. The highest BCUT2D eigenvalue weighted by Gasteiger charge is 2.16. The quantitative estimate of drug-likeness (QED) is 0.449. The van der Waals surface area contributed by atoms with Gasteiger partial charge in [-0.3, -0.25) is 9.79 Å². The van der Waals surface area contributed by atoms with Gasteiger partial charge in [0.05, 0.1) is 5.70 Å². The molecular weight excluding hydrogens is 448 g/mol. The molecule has 184 valence electrons. The molecule has 3 aromatic rings. The molecular formula is C30H32N4O2. The van der Waals surface area contributed by atoms with Gasteiger partial charge in [0, 0.05) is 37.0 Å². The van der Waals surface area contributed by atoms with Crippen molar-refractivity contribution in [1.29, 1.82) is 0 Å². The number of hydrogen-bond acceptors (Lipinski definition) is 5. The Hall–Kier alpha value is -4.06. The molecule has 0 unspecified atom stereocenters. The van der Waals surface area contributed by atoms with E-state index >= 15 is 0 Å². The van der Waals surface area contributed by atoms with Gasteiger partial charge in [0.1, 0.15) is 17.3 Å². The van der Waals surface area contributed by atoms with Crippen LogP contribution in [0.15, 0.2) is 89.3 Å². The minimum atomic E-state index is -0.135. The lowest BCUT2D eigenvalue weighted by Gasteiger charge is -2.21. The summed E-state index contributed by atoms with van der Waals surface area (Å²) < 4.78 is 6.19. The number of dihydropyridines is 1. The maximum atomic E-state index is 13.0. The molecule has 0 atom stereocenters. The van der Waals surface area contributed by atoms with Crippen molar-refractivity contribution in [1.82, 2.24) is 10.6 Å². The monoisotopic (exact) mass is 480 g/mol. The zero-order chi connectivity index (χ0) is 25.1. The van der Waals surface area contributed by atoms with E-state index in [2.05, 4.69) is 47.8 Å². The molecule has 0 fully saturated rings. The minimum absolute atomic E-state index is 0.0141. The Bertz CT molecular complexity index is 1400. The molecule has 1 amide bonds. The second kappa shape index (κ2) is 9.90. The van der Waals surface area contributed by atoms with Crippen molar-refractivity contribution in [3.05, 3.63) is 95.4 Å². The number of amidine groups is 1. The van der Waals surface area contributed by atoms with E-state index in [0.717, 1.165) is 59.0 Å². The topological polar surface area (TPSA) is 74.8 Å². The summed E-state index contributed by atoms with van der Waals surface area (Å²) in [5.74, 6) is 2.24. The molecule has 3 aromatic carbocycles. The fourth-order valence-corrected chi connectivity index (χ4v) is 4.28. The first-order valence-corrected chi connectivity index (χ1v) is 12.4. The van der Waals surface area contributed by atoms with Crippen LogP contribution in [0.4, 0.5) is 5.69 Å². The number of amides is 1. The number of rotatable bonds is 5. The van der Waals surface area contributed by atoms with Crippen LogP contribution in [0.3, 0.4) is 0 Å². The largest absolute Gasteiger partial charge is 0.458 e. The van der Waals surface area contributed by atoms with Gasteiger partial charge in [0.15, 0.2) is 0 Å². The Morgan fingerprint density at radius 2 is 1.86 bits per heavy atom. The summed E-state index contributed by atoms with van der Waals surface area (Å²) >= 11 is 0. The van der Waals surface area contributed by atoms with Gasteiger partial charge in [-0.2, -0.15) is 0 Å². The molecule has 2 aliphatic heterocycles. The lowest BCUT2D eigenvalue weighted by Crippen LogP contribution is -2.37. The van der Waals surface area contributed by atoms with Crippen molar-refractivity contribution >= 4 is 28.2 Å². The number of anilines is 1. The van der Waals surface area contributed by atoms with E-state index in [9.17, 15) is 4.79 Å². The second-order valence-corrected chi connectivity index (χ2v) is 10.2. The highest BCUT2D eigenvalue weighted by molar-refractivity contribution is 6.06. The van der Waals surface area contributed by atoms with E-state index < -0.39 is 0 Å². The summed E-state index contributed by atoms with van der Waals surface area (Å²) in [5, 5.41) is 11.7. The maximum absolute atomic E-state index is 13.0. The lowest BCUT2D eigenvalue weighted by atomic mass is 9.87. The van der Waals surface area contributed by atoms with E-state index in [4.69, 9.17) is 4.74 Å². The van der Waals surface area contributed by atoms with E-state index in [0.29, 0.717) is 12.1 Å². The predicted octanol–water partition coefficient (Wildman–Crippen LogP) is 5.53. The number of nitrogens with one attached hydrogen (secondary N) is 3. The van der Waals surface area contributed by atoms with Crippen LogP contribution in [0.2, 0.25) is 0 Å². The van der Waals surface area contributed by atoms with E-state index in [1.165, 1.54) is 5.56 Å². The normalized spacial score (nSPS) is 15.7. The van der Waals surface area contributed by atoms with Gasteiger partial charge in [-0.15, -0.1) is 0 Å². The molecule has 36 heavy (non-hydrogen) atoms. The average Bonchev–Trinajstić information content (AvgIpc) is 2.88. The van der Waals surface area contributed by atoms with Gasteiger partial charge < -0.3 is 20.7 Å². The number of fused-ring (bicyclic) bond motifs is 1. The third-order valence-electron chi connectivity index (χ3n) is 6.33. The molecule has 2 aliphatic rings. The van der Waals surface area contributed by atoms with Crippen molar-refractivity contribution in [3.63, 3.8) is 0 Å². The van der Waals surface area contributed by atoms with E-state index in [-0.39, 0.29) is 11.3 Å². The lowest BCUT2D eigenvalue weighted by molar-refractivity contribution is 0.102. The van der Waals surface area contributed by atoms with Crippen molar-refractivity contribution in [2.24, 2.45) is 4.99 Å². The van der Waals surface area contributed by atoms with Gasteiger partial charge in [0.2, 0.25) is 0 Å². The van der Waals surface area contributed by atoms with Crippen LogP contribution in [-0.4, -0.2) is 31.4 Å². The number of benzene rings is 3. The van der Waals surface area contributed by atoms with Crippen molar-refractivity contribution in [2.75, 3.05) is 25.0 Å². The van der Waals surface area contributed by atoms with Gasteiger partial charge in [0.25, 0.3) is 5.91 Å². The molecule has 0 radical (unpaired) electrons. The summed E-state index contributed by atoms with van der Waals surface area (Å²) in [6.45, 7) is 8.93. The Labute approximate surface area is 212 Å². The van der Waals surface area contributed by atoms with Crippen LogP contribution in [0.25, 0.3) is 10.8 Å². The van der Waals surface area contributed by atoms with Crippen LogP contribution in [0, 0.1) is 0 Å². The summed E-state index contributed by atoms with van der Waals surface area (Å²) in [6.07, 6.45) is 5.03. The SMILES string of the molecule is CC(C)(C)c1cccc(NC(=O)c2ccc3ccc(OC4=CCNC(C5=NCCCN5)=C4)cc3c2)c1. The fraction of sp³-hybridized carbons (Fsp3) is 0.267. The summed E-state index contributed by atoms with van der Waals surface area (Å²) in [5.41, 5.74) is 3.53. The second-order valence-electron chi connectivity index (χ2n) is 10.2. The molecule has 0 aliphatic carbocycles. The standard InChI is InChI=1S/C30H32N4O2/c1-30(2,3)23-6-4-7-24(18-23)34-29(35)21-9-8-20-10-11-25(17-22(20)16-21)36-26-12-15-31-27(19-26)28-32-13-5-14-33-28/h4,6-12,16-19,31H,5,13-15H2,1-3H3,(H,32,33)(H,34,35). The molecule has 0 saturated heterocycles. The number of carbonyl (C=O) groups excluding carboxylic acids is 1. The number of aliphatic imine (C=N–C) groups is 1. The molecule has 5 rings (SSSR count). The molecule has 3 N–H and O–H groups in total. The molecule has 0 bridgehead atoms. The predicted molar refractivity (Wildman–Crippen MR) is 147 cm³/mol. The van der Waals surface area contributed by atoms with Gasteiger partial charge >= 0.3 is 0 Å². The summed E-state index contributed by atoms with van der Waals surface area (Å²) in [7, 11) is 0. The highest BCUT2D eigenvalue weighted by atomic mass is 16.5. The Morgan fingerprint density at radius 1 is 1.00 bits per heavy atom. The summed E-state index contributed by atoms with van der Waals surface area (Å²) in [6, 6.07) is 19.7. The zero-order valence-corrected chi connectivity index (χ0v) is 21.0. The van der Waals surface area contributed by atoms with Crippen molar-refractivity contribution < 1.29 is 9.53 Å². The molecule has 6 heteroatoms. The molecule has 0 saturated carbocycles. The molecule has 0 aromatic heterocycles. The average molecular weight is 481 g/mol. The fourth-order valence-electron chi connectivity index (χ4n) is 4.28. The van der Waals surface area contributed by atoms with Crippen molar-refractivity contribution in [2.45, 2.75) is 32.6 Å². The van der Waals surface area contributed by atoms with Crippen LogP contribution < -0.4 is 20.7 Å². The Morgan fingerprint density at radius 3 is 2.67 bits per heavy atom. The molecule has 2 heterocycles. The zero-order valence-electron chi connectivity index (χ0n) is 21.0. The first kappa shape index (κ1) is 23.7. The number of hydrogen-bond donors (Lipinski definition) is 3. The number of carbonyl (C=O) groups is 1. The van der Waals surface area contributed by atoms with Gasteiger partial charge in [-0.05, 0) is 70.6 Å². The number of nitrogens with zero attached hydrogens (tertiary/aromatic N) is 1. The van der Waals surface area contributed by atoms with Gasteiger partial charge in [-0.1, -0.05) is 45.0 Å². The Kier molecular flexibility index (Phi) is 6.51. The van der Waals surface area contributed by atoms with Gasteiger partial charge in [-0.25, -0.2) is 0 Å². The van der Waals surface area contributed by atoms with Crippen LogP contribution >= 0.6 is 0 Å². The highest BCUT2D eigenvalue weighted by Crippen LogP contribution is 2.27. The first-order chi connectivity index (χ1) is 17.3. The Balaban J connectivity index is 1.33. The summed E-state index contributed by atoms with van der Waals surface area (Å²) in [4.78, 5) is 17.6. The molecule has 6 nitrogen and oxygen atoms in total. The van der Waals surface area contributed by atoms with Crippen molar-refractivity contribution in [3.8, 4) is 5.75 Å². The minimum Gasteiger partial charge on any atom is -0.458 e. The third kappa shape index (κ3) is 5.43. The third-order valence-corrected chi connectivity index (χ3v) is 6.33. The number of ether oxygens (including phenoxy) is 1. The van der Waals surface area contributed by atoms with E-state index in [1.807, 2.05) is 66.7 Å².